The highest BCUT2D eigenvalue weighted by molar-refractivity contribution is 8.00. The molecule has 0 spiro atoms. The van der Waals surface area contributed by atoms with Crippen molar-refractivity contribution in [2.75, 3.05) is 5.32 Å². The van der Waals surface area contributed by atoms with Crippen LogP contribution in [0.5, 0.6) is 0 Å². The lowest BCUT2D eigenvalue weighted by Gasteiger charge is -2.13. The van der Waals surface area contributed by atoms with E-state index in [1.807, 2.05) is 27.0 Å². The van der Waals surface area contributed by atoms with Crippen molar-refractivity contribution >= 4 is 17.4 Å². The second kappa shape index (κ2) is 6.05. The smallest absolute Gasteiger partial charge is 0.380 e. The van der Waals surface area contributed by atoms with Gasteiger partial charge in [0.1, 0.15) is 0 Å². The SMILES string of the molecule is Cc1cc(CNc2ccccc2SC(F)(F)F)c(C)n1C. The lowest BCUT2D eigenvalue weighted by molar-refractivity contribution is -0.0327. The summed E-state index contributed by atoms with van der Waals surface area (Å²) in [6.45, 7) is 4.51. The van der Waals surface area contributed by atoms with Crippen LogP contribution in [-0.4, -0.2) is 10.1 Å². The van der Waals surface area contributed by atoms with Gasteiger partial charge in [0.15, 0.2) is 0 Å². The summed E-state index contributed by atoms with van der Waals surface area (Å²) in [7, 11) is 1.97. The van der Waals surface area contributed by atoms with Gasteiger partial charge in [-0.1, -0.05) is 12.1 Å². The van der Waals surface area contributed by atoms with Crippen molar-refractivity contribution in [1.82, 2.24) is 4.57 Å². The summed E-state index contributed by atoms with van der Waals surface area (Å²) in [5.41, 5.74) is -0.456. The van der Waals surface area contributed by atoms with Gasteiger partial charge in [0, 0.05) is 35.6 Å². The number of aryl methyl sites for hydroxylation is 1. The van der Waals surface area contributed by atoms with E-state index in [1.165, 1.54) is 6.07 Å². The van der Waals surface area contributed by atoms with Crippen molar-refractivity contribution in [2.24, 2.45) is 7.05 Å². The van der Waals surface area contributed by atoms with Gasteiger partial charge in [-0.05, 0) is 49.4 Å². The first kappa shape index (κ1) is 15.8. The molecule has 0 aliphatic heterocycles. The molecule has 2 nitrogen and oxygen atoms in total. The molecular formula is C15H17F3N2S. The van der Waals surface area contributed by atoms with Crippen LogP contribution < -0.4 is 5.32 Å². The molecule has 1 aromatic carbocycles. The van der Waals surface area contributed by atoms with Crippen LogP contribution in [0.4, 0.5) is 18.9 Å². The van der Waals surface area contributed by atoms with Crippen LogP contribution in [-0.2, 0) is 13.6 Å². The number of alkyl halides is 3. The number of anilines is 1. The van der Waals surface area contributed by atoms with Crippen LogP contribution in [0.25, 0.3) is 0 Å². The molecule has 2 rings (SSSR count). The molecule has 0 atom stereocenters. The average Bonchev–Trinajstić information content (AvgIpc) is 2.63. The molecule has 0 amide bonds. The maximum atomic E-state index is 12.5. The minimum absolute atomic E-state index is 0.0926. The van der Waals surface area contributed by atoms with Gasteiger partial charge < -0.3 is 9.88 Å². The largest absolute Gasteiger partial charge is 0.446 e. The van der Waals surface area contributed by atoms with Crippen molar-refractivity contribution in [3.63, 3.8) is 0 Å². The molecule has 2 aromatic rings. The Morgan fingerprint density at radius 1 is 1.19 bits per heavy atom. The predicted molar refractivity (Wildman–Crippen MR) is 80.6 cm³/mol. The van der Waals surface area contributed by atoms with Gasteiger partial charge in [0.2, 0.25) is 0 Å². The monoisotopic (exact) mass is 314 g/mol. The van der Waals surface area contributed by atoms with E-state index in [0.29, 0.717) is 12.2 Å². The molecule has 0 saturated heterocycles. The number of hydrogen-bond donors (Lipinski definition) is 1. The third-order valence-electron chi connectivity index (χ3n) is 3.46. The fraction of sp³-hybridized carbons (Fsp3) is 0.333. The van der Waals surface area contributed by atoms with Gasteiger partial charge in [-0.25, -0.2) is 0 Å². The van der Waals surface area contributed by atoms with Gasteiger partial charge in [0.25, 0.3) is 0 Å². The Labute approximate surface area is 126 Å². The lowest BCUT2D eigenvalue weighted by Crippen LogP contribution is -2.05. The molecule has 21 heavy (non-hydrogen) atoms. The number of hydrogen-bond acceptors (Lipinski definition) is 2. The molecule has 1 heterocycles. The fourth-order valence-corrected chi connectivity index (χ4v) is 2.78. The Morgan fingerprint density at radius 2 is 1.86 bits per heavy atom. The van der Waals surface area contributed by atoms with E-state index in [4.69, 9.17) is 0 Å². The number of nitrogens with zero attached hydrogens (tertiary/aromatic N) is 1. The Kier molecular flexibility index (Phi) is 4.56. The number of halogens is 3. The summed E-state index contributed by atoms with van der Waals surface area (Å²) in [4.78, 5) is 0.190. The molecule has 0 bridgehead atoms. The minimum Gasteiger partial charge on any atom is -0.380 e. The summed E-state index contributed by atoms with van der Waals surface area (Å²) < 4.78 is 39.7. The molecule has 0 fully saturated rings. The molecule has 114 valence electrons. The molecule has 0 aliphatic rings. The van der Waals surface area contributed by atoms with Crippen LogP contribution in [0.2, 0.25) is 0 Å². The first-order valence-corrected chi connectivity index (χ1v) is 7.30. The predicted octanol–water partition coefficient (Wildman–Crippen LogP) is 4.87. The highest BCUT2D eigenvalue weighted by Crippen LogP contribution is 2.40. The first-order valence-electron chi connectivity index (χ1n) is 6.48. The summed E-state index contributed by atoms with van der Waals surface area (Å²) in [5, 5.41) is 3.10. The third-order valence-corrected chi connectivity index (χ3v) is 4.27. The molecule has 0 aliphatic carbocycles. The Morgan fingerprint density at radius 3 is 2.43 bits per heavy atom. The van der Waals surface area contributed by atoms with Crippen molar-refractivity contribution < 1.29 is 13.2 Å². The van der Waals surface area contributed by atoms with E-state index in [2.05, 4.69) is 9.88 Å². The lowest BCUT2D eigenvalue weighted by atomic mass is 10.2. The summed E-state index contributed by atoms with van der Waals surface area (Å²) >= 11 is -0.0926. The van der Waals surface area contributed by atoms with Gasteiger partial charge in [-0.3, -0.25) is 0 Å². The van der Waals surface area contributed by atoms with Crippen molar-refractivity contribution in [1.29, 1.82) is 0 Å². The van der Waals surface area contributed by atoms with Gasteiger partial charge in [-0.2, -0.15) is 13.2 Å². The van der Waals surface area contributed by atoms with E-state index in [0.717, 1.165) is 17.0 Å². The maximum absolute atomic E-state index is 12.5. The normalized spacial score (nSPS) is 11.7. The van der Waals surface area contributed by atoms with E-state index >= 15 is 0 Å². The number of benzene rings is 1. The van der Waals surface area contributed by atoms with Gasteiger partial charge in [0.05, 0.1) is 0 Å². The Balaban J connectivity index is 2.15. The average molecular weight is 314 g/mol. The standard InChI is InChI=1S/C15H17F3N2S/c1-10-8-12(11(2)20(10)3)9-19-13-6-4-5-7-14(13)21-15(16,17)18/h4-8,19H,9H2,1-3H3. The third kappa shape index (κ3) is 3.97. The quantitative estimate of drug-likeness (QED) is 0.811. The maximum Gasteiger partial charge on any atom is 0.446 e. The molecule has 0 saturated carbocycles. The zero-order valence-electron chi connectivity index (χ0n) is 12.1. The van der Waals surface area contributed by atoms with Gasteiger partial charge in [-0.15, -0.1) is 0 Å². The van der Waals surface area contributed by atoms with E-state index < -0.39 is 5.51 Å². The molecule has 6 heteroatoms. The zero-order valence-corrected chi connectivity index (χ0v) is 12.9. The van der Waals surface area contributed by atoms with Crippen molar-refractivity contribution in [3.8, 4) is 0 Å². The number of nitrogens with one attached hydrogen (secondary N) is 1. The second-order valence-corrected chi connectivity index (χ2v) is 5.96. The summed E-state index contributed by atoms with van der Waals surface area (Å²) in [6.07, 6.45) is 0. The molecule has 1 N–H and O–H groups in total. The topological polar surface area (TPSA) is 17.0 Å². The van der Waals surface area contributed by atoms with Crippen LogP contribution >= 0.6 is 11.8 Å². The molecule has 1 aromatic heterocycles. The van der Waals surface area contributed by atoms with E-state index in [-0.39, 0.29) is 16.7 Å². The highest BCUT2D eigenvalue weighted by Gasteiger charge is 2.30. The van der Waals surface area contributed by atoms with Crippen LogP contribution in [0.3, 0.4) is 0 Å². The van der Waals surface area contributed by atoms with Crippen molar-refractivity contribution in [3.05, 3.63) is 47.3 Å². The zero-order chi connectivity index (χ0) is 15.6. The molecule has 0 radical (unpaired) electrons. The Hall–Kier alpha value is -1.56. The number of para-hydroxylation sites is 1. The van der Waals surface area contributed by atoms with Crippen LogP contribution in [0.15, 0.2) is 35.2 Å². The van der Waals surface area contributed by atoms with E-state index in [1.54, 1.807) is 18.2 Å². The Bertz CT molecular complexity index is 632. The fourth-order valence-electron chi connectivity index (χ4n) is 2.13. The minimum atomic E-state index is -4.28. The summed E-state index contributed by atoms with van der Waals surface area (Å²) in [6, 6.07) is 8.52. The highest BCUT2D eigenvalue weighted by atomic mass is 32.2. The molecular weight excluding hydrogens is 297 g/mol. The number of thioether (sulfide) groups is 1. The molecule has 0 unspecified atom stereocenters. The van der Waals surface area contributed by atoms with Gasteiger partial charge >= 0.3 is 5.51 Å². The number of rotatable bonds is 4. The summed E-state index contributed by atoms with van der Waals surface area (Å²) in [5.74, 6) is 0. The van der Waals surface area contributed by atoms with Crippen LogP contribution in [0.1, 0.15) is 17.0 Å². The first-order chi connectivity index (χ1) is 9.78. The second-order valence-electron chi connectivity index (χ2n) is 4.85. The van der Waals surface area contributed by atoms with E-state index in [9.17, 15) is 13.2 Å². The number of aromatic nitrogens is 1. The van der Waals surface area contributed by atoms with Crippen LogP contribution in [0, 0.1) is 13.8 Å². The van der Waals surface area contributed by atoms with Crippen molar-refractivity contribution in [2.45, 2.75) is 30.8 Å².